The van der Waals surface area contributed by atoms with E-state index in [1.807, 2.05) is 6.92 Å². The highest BCUT2D eigenvalue weighted by molar-refractivity contribution is 5.70. The number of nitrogens with zero attached hydrogens (tertiary/aromatic N) is 2. The minimum atomic E-state index is -0.687. The molecule has 0 radical (unpaired) electrons. The second-order valence-corrected chi connectivity index (χ2v) is 5.61. The third-order valence-corrected chi connectivity index (χ3v) is 3.96. The first-order valence-electron chi connectivity index (χ1n) is 6.53. The van der Waals surface area contributed by atoms with Gasteiger partial charge in [-0.15, -0.1) is 0 Å². The zero-order valence-electron chi connectivity index (χ0n) is 11.5. The lowest BCUT2D eigenvalue weighted by Gasteiger charge is -2.38. The molecule has 0 spiro atoms. The van der Waals surface area contributed by atoms with Crippen LogP contribution in [0.1, 0.15) is 26.7 Å². The molecule has 1 fully saturated rings. The van der Waals surface area contributed by atoms with E-state index < -0.39 is 5.97 Å². The van der Waals surface area contributed by atoms with Crippen LogP contribution in [-0.4, -0.2) is 60.6 Å². The number of piperidine rings is 1. The van der Waals surface area contributed by atoms with E-state index in [0.717, 1.165) is 25.6 Å². The highest BCUT2D eigenvalue weighted by Crippen LogP contribution is 2.22. The van der Waals surface area contributed by atoms with Gasteiger partial charge in [-0.2, -0.15) is 0 Å². The molecule has 0 aliphatic carbocycles. The summed E-state index contributed by atoms with van der Waals surface area (Å²) in [4.78, 5) is 15.5. The van der Waals surface area contributed by atoms with Gasteiger partial charge in [0, 0.05) is 12.6 Å². The number of hydrogen-bond acceptors (Lipinski definition) is 3. The summed E-state index contributed by atoms with van der Waals surface area (Å²) in [7, 11) is 4.23. The highest BCUT2D eigenvalue weighted by Gasteiger charge is 2.28. The quantitative estimate of drug-likeness (QED) is 0.791. The Kier molecular flexibility index (Phi) is 5.40. The van der Waals surface area contributed by atoms with Crippen LogP contribution in [0.25, 0.3) is 0 Å². The Morgan fingerprint density at radius 1 is 1.35 bits per heavy atom. The van der Waals surface area contributed by atoms with Crippen LogP contribution in [0.4, 0.5) is 0 Å². The van der Waals surface area contributed by atoms with Crippen molar-refractivity contribution in [3.8, 4) is 0 Å². The number of rotatable bonds is 5. The van der Waals surface area contributed by atoms with Crippen molar-refractivity contribution in [2.75, 3.05) is 33.7 Å². The average molecular weight is 242 g/mol. The Morgan fingerprint density at radius 3 is 2.29 bits per heavy atom. The van der Waals surface area contributed by atoms with Gasteiger partial charge in [0.1, 0.15) is 0 Å². The molecule has 17 heavy (non-hydrogen) atoms. The SMILES string of the molecule is CC(C(=O)O)C(C)N1CCC(CN(C)C)CC1. The standard InChI is InChI=1S/C13H26N2O2/c1-10(13(16)17)11(2)15-7-5-12(6-8-15)9-14(3)4/h10-12H,5-9H2,1-4H3,(H,16,17). The first-order valence-corrected chi connectivity index (χ1v) is 6.53. The van der Waals surface area contributed by atoms with Crippen molar-refractivity contribution in [1.29, 1.82) is 0 Å². The fourth-order valence-electron chi connectivity index (χ4n) is 2.58. The summed E-state index contributed by atoms with van der Waals surface area (Å²) in [6.45, 7) is 7.06. The van der Waals surface area contributed by atoms with Gasteiger partial charge in [0.2, 0.25) is 0 Å². The van der Waals surface area contributed by atoms with E-state index in [0.29, 0.717) is 0 Å². The van der Waals surface area contributed by atoms with E-state index in [9.17, 15) is 4.79 Å². The number of likely N-dealkylation sites (tertiary alicyclic amines) is 1. The lowest BCUT2D eigenvalue weighted by Crippen LogP contribution is -2.46. The van der Waals surface area contributed by atoms with Crippen molar-refractivity contribution in [3.63, 3.8) is 0 Å². The molecule has 1 heterocycles. The van der Waals surface area contributed by atoms with Crippen molar-refractivity contribution in [2.24, 2.45) is 11.8 Å². The summed E-state index contributed by atoms with van der Waals surface area (Å²) in [5.41, 5.74) is 0. The smallest absolute Gasteiger partial charge is 0.307 e. The molecule has 1 aliphatic heterocycles. The molecule has 0 bridgehead atoms. The Labute approximate surface area is 105 Å². The molecule has 100 valence electrons. The van der Waals surface area contributed by atoms with Crippen molar-refractivity contribution >= 4 is 5.97 Å². The zero-order chi connectivity index (χ0) is 13.0. The van der Waals surface area contributed by atoms with Gasteiger partial charge in [0.25, 0.3) is 0 Å². The van der Waals surface area contributed by atoms with E-state index >= 15 is 0 Å². The van der Waals surface area contributed by atoms with Crippen LogP contribution in [0.15, 0.2) is 0 Å². The monoisotopic (exact) mass is 242 g/mol. The van der Waals surface area contributed by atoms with Crippen LogP contribution in [0.5, 0.6) is 0 Å². The Bertz CT molecular complexity index is 248. The lowest BCUT2D eigenvalue weighted by atomic mass is 9.93. The van der Waals surface area contributed by atoms with E-state index in [1.165, 1.54) is 12.8 Å². The average Bonchev–Trinajstić information content (AvgIpc) is 2.27. The predicted molar refractivity (Wildman–Crippen MR) is 69.1 cm³/mol. The number of carboxylic acids is 1. The molecule has 0 aromatic rings. The van der Waals surface area contributed by atoms with Gasteiger partial charge < -0.3 is 10.0 Å². The number of carboxylic acid groups (broad SMARTS) is 1. The van der Waals surface area contributed by atoms with E-state index in [4.69, 9.17) is 5.11 Å². The molecule has 2 atom stereocenters. The van der Waals surface area contributed by atoms with E-state index in [2.05, 4.69) is 23.9 Å². The summed E-state index contributed by atoms with van der Waals surface area (Å²) < 4.78 is 0. The Hall–Kier alpha value is -0.610. The van der Waals surface area contributed by atoms with Crippen LogP contribution >= 0.6 is 0 Å². The lowest BCUT2D eigenvalue weighted by molar-refractivity contribution is -0.143. The van der Waals surface area contributed by atoms with Gasteiger partial charge in [0.15, 0.2) is 0 Å². The van der Waals surface area contributed by atoms with E-state index in [1.54, 1.807) is 6.92 Å². The summed E-state index contributed by atoms with van der Waals surface area (Å²) in [6.07, 6.45) is 2.38. The second kappa shape index (κ2) is 6.36. The minimum absolute atomic E-state index is 0.146. The van der Waals surface area contributed by atoms with Gasteiger partial charge >= 0.3 is 5.97 Å². The Balaban J connectivity index is 2.38. The number of carbonyl (C=O) groups is 1. The minimum Gasteiger partial charge on any atom is -0.481 e. The van der Waals surface area contributed by atoms with Gasteiger partial charge in [-0.1, -0.05) is 6.92 Å². The molecule has 0 saturated carbocycles. The van der Waals surface area contributed by atoms with Crippen molar-refractivity contribution in [1.82, 2.24) is 9.80 Å². The molecule has 0 amide bonds. The van der Waals surface area contributed by atoms with E-state index in [-0.39, 0.29) is 12.0 Å². The third kappa shape index (κ3) is 4.28. The van der Waals surface area contributed by atoms with Crippen LogP contribution in [0.3, 0.4) is 0 Å². The van der Waals surface area contributed by atoms with Gasteiger partial charge in [-0.25, -0.2) is 0 Å². The molecule has 1 rings (SSSR count). The summed E-state index contributed by atoms with van der Waals surface area (Å²) in [6, 6.07) is 0.146. The number of aliphatic carboxylic acids is 1. The van der Waals surface area contributed by atoms with Crippen LogP contribution in [0, 0.1) is 11.8 Å². The molecule has 0 aromatic heterocycles. The molecule has 1 saturated heterocycles. The summed E-state index contributed by atoms with van der Waals surface area (Å²) in [5.74, 6) is -0.193. The maximum atomic E-state index is 11.0. The zero-order valence-corrected chi connectivity index (χ0v) is 11.5. The third-order valence-electron chi connectivity index (χ3n) is 3.96. The highest BCUT2D eigenvalue weighted by atomic mass is 16.4. The molecule has 2 unspecified atom stereocenters. The largest absolute Gasteiger partial charge is 0.481 e. The summed E-state index contributed by atoms with van der Waals surface area (Å²) in [5, 5.41) is 9.02. The van der Waals surface area contributed by atoms with Crippen LogP contribution < -0.4 is 0 Å². The molecule has 4 heteroatoms. The van der Waals surface area contributed by atoms with Crippen molar-refractivity contribution < 1.29 is 9.90 Å². The van der Waals surface area contributed by atoms with Crippen LogP contribution in [-0.2, 0) is 4.79 Å². The Morgan fingerprint density at radius 2 is 1.88 bits per heavy atom. The van der Waals surface area contributed by atoms with Gasteiger partial charge in [0.05, 0.1) is 5.92 Å². The maximum Gasteiger partial charge on any atom is 0.307 e. The second-order valence-electron chi connectivity index (χ2n) is 5.61. The molecule has 0 aromatic carbocycles. The van der Waals surface area contributed by atoms with Crippen molar-refractivity contribution in [2.45, 2.75) is 32.7 Å². The first kappa shape index (κ1) is 14.5. The molecular weight excluding hydrogens is 216 g/mol. The summed E-state index contributed by atoms with van der Waals surface area (Å²) >= 11 is 0. The number of hydrogen-bond donors (Lipinski definition) is 1. The van der Waals surface area contributed by atoms with Gasteiger partial charge in [-0.05, 0) is 52.9 Å². The fraction of sp³-hybridized carbons (Fsp3) is 0.923. The topological polar surface area (TPSA) is 43.8 Å². The van der Waals surface area contributed by atoms with Crippen molar-refractivity contribution in [3.05, 3.63) is 0 Å². The van der Waals surface area contributed by atoms with Gasteiger partial charge in [-0.3, -0.25) is 9.69 Å². The maximum absolute atomic E-state index is 11.0. The normalized spacial score (nSPS) is 22.6. The molecule has 1 N–H and O–H groups in total. The first-order chi connectivity index (χ1) is 7.91. The molecular formula is C13H26N2O2. The molecule has 1 aliphatic rings. The van der Waals surface area contributed by atoms with Crippen LogP contribution in [0.2, 0.25) is 0 Å². The fourth-order valence-corrected chi connectivity index (χ4v) is 2.58. The molecule has 4 nitrogen and oxygen atoms in total. The predicted octanol–water partition coefficient (Wildman–Crippen LogP) is 1.37.